The summed E-state index contributed by atoms with van der Waals surface area (Å²) in [4.78, 5) is 0. The molecule has 0 aromatic heterocycles. The van der Waals surface area contributed by atoms with E-state index in [0.717, 1.165) is 16.9 Å². The Balaban J connectivity index is 2.66. The van der Waals surface area contributed by atoms with Gasteiger partial charge in [0, 0.05) is 13.0 Å². The maximum atomic E-state index is 9.38. The highest BCUT2D eigenvalue weighted by Gasteiger charge is 2.04. The van der Waals surface area contributed by atoms with Crippen molar-refractivity contribution in [3.63, 3.8) is 0 Å². The first kappa shape index (κ1) is 12.0. The standard InChI is InChI=1S/C12H18O3/c1-9-8-11(10(2)14)4-5-12(9)15-7-3-6-13/h4-5,8,10,13-14H,3,6-7H2,1-2H3. The third-order valence-corrected chi connectivity index (χ3v) is 2.24. The molecule has 0 radical (unpaired) electrons. The minimum absolute atomic E-state index is 0.144. The molecule has 3 nitrogen and oxygen atoms in total. The summed E-state index contributed by atoms with van der Waals surface area (Å²) in [6.07, 6.45) is 0.188. The van der Waals surface area contributed by atoms with Crippen LogP contribution in [0, 0.1) is 6.92 Å². The van der Waals surface area contributed by atoms with Crippen molar-refractivity contribution < 1.29 is 14.9 Å². The van der Waals surface area contributed by atoms with E-state index in [9.17, 15) is 5.11 Å². The van der Waals surface area contributed by atoms with Gasteiger partial charge in [-0.05, 0) is 37.1 Å². The summed E-state index contributed by atoms with van der Waals surface area (Å²) >= 11 is 0. The average molecular weight is 210 g/mol. The number of benzene rings is 1. The summed E-state index contributed by atoms with van der Waals surface area (Å²) in [5.41, 5.74) is 1.90. The van der Waals surface area contributed by atoms with Crippen molar-refractivity contribution in [2.24, 2.45) is 0 Å². The van der Waals surface area contributed by atoms with Gasteiger partial charge < -0.3 is 14.9 Å². The summed E-state index contributed by atoms with van der Waals surface area (Å²) in [7, 11) is 0. The van der Waals surface area contributed by atoms with Gasteiger partial charge in [0.2, 0.25) is 0 Å². The number of aliphatic hydroxyl groups excluding tert-OH is 2. The van der Waals surface area contributed by atoms with E-state index in [1.807, 2.05) is 25.1 Å². The van der Waals surface area contributed by atoms with Crippen LogP contribution in [0.2, 0.25) is 0 Å². The van der Waals surface area contributed by atoms with Crippen LogP contribution in [-0.4, -0.2) is 23.4 Å². The van der Waals surface area contributed by atoms with Gasteiger partial charge in [0.1, 0.15) is 5.75 Å². The third-order valence-electron chi connectivity index (χ3n) is 2.24. The highest BCUT2D eigenvalue weighted by atomic mass is 16.5. The zero-order chi connectivity index (χ0) is 11.3. The number of aryl methyl sites for hydroxylation is 1. The monoisotopic (exact) mass is 210 g/mol. The van der Waals surface area contributed by atoms with Crippen molar-refractivity contribution in [1.82, 2.24) is 0 Å². The van der Waals surface area contributed by atoms with E-state index in [2.05, 4.69) is 0 Å². The van der Waals surface area contributed by atoms with E-state index < -0.39 is 6.10 Å². The zero-order valence-electron chi connectivity index (χ0n) is 9.23. The molecule has 0 saturated carbocycles. The van der Waals surface area contributed by atoms with Crippen LogP contribution in [0.4, 0.5) is 0 Å². The number of rotatable bonds is 5. The minimum Gasteiger partial charge on any atom is -0.493 e. The highest BCUT2D eigenvalue weighted by Crippen LogP contribution is 2.22. The summed E-state index contributed by atoms with van der Waals surface area (Å²) in [5.74, 6) is 0.813. The molecule has 0 saturated heterocycles. The van der Waals surface area contributed by atoms with Crippen LogP contribution in [-0.2, 0) is 0 Å². The first-order valence-electron chi connectivity index (χ1n) is 5.17. The molecule has 2 N–H and O–H groups in total. The first-order chi connectivity index (χ1) is 7.15. The second kappa shape index (κ2) is 5.73. The van der Waals surface area contributed by atoms with Crippen molar-refractivity contribution in [3.05, 3.63) is 29.3 Å². The van der Waals surface area contributed by atoms with Gasteiger partial charge in [-0.1, -0.05) is 6.07 Å². The SMILES string of the molecule is Cc1cc(C(C)O)ccc1OCCCO. The van der Waals surface area contributed by atoms with Crippen LogP contribution in [0.1, 0.15) is 30.6 Å². The Morgan fingerprint density at radius 2 is 2.13 bits per heavy atom. The highest BCUT2D eigenvalue weighted by molar-refractivity contribution is 5.36. The molecular formula is C12H18O3. The number of hydrogen-bond donors (Lipinski definition) is 2. The number of ether oxygens (including phenoxy) is 1. The molecule has 0 fully saturated rings. The van der Waals surface area contributed by atoms with Crippen LogP contribution < -0.4 is 4.74 Å². The van der Waals surface area contributed by atoms with Crippen LogP contribution in [0.15, 0.2) is 18.2 Å². The Hall–Kier alpha value is -1.06. The van der Waals surface area contributed by atoms with Gasteiger partial charge in [-0.2, -0.15) is 0 Å². The van der Waals surface area contributed by atoms with Crippen molar-refractivity contribution in [2.45, 2.75) is 26.4 Å². The summed E-state index contributed by atoms with van der Waals surface area (Å²) < 4.78 is 5.47. The molecule has 1 unspecified atom stereocenters. The molecular weight excluding hydrogens is 192 g/mol. The molecule has 0 heterocycles. The quantitative estimate of drug-likeness (QED) is 0.729. The van der Waals surface area contributed by atoms with Crippen molar-refractivity contribution in [1.29, 1.82) is 0 Å². The van der Waals surface area contributed by atoms with Crippen molar-refractivity contribution in [3.8, 4) is 5.75 Å². The largest absolute Gasteiger partial charge is 0.493 e. The molecule has 0 spiro atoms. The fourth-order valence-electron chi connectivity index (χ4n) is 1.34. The van der Waals surface area contributed by atoms with Gasteiger partial charge in [0.25, 0.3) is 0 Å². The Morgan fingerprint density at radius 3 is 2.67 bits per heavy atom. The van der Waals surface area contributed by atoms with Crippen LogP contribution in [0.25, 0.3) is 0 Å². The first-order valence-corrected chi connectivity index (χ1v) is 5.17. The van der Waals surface area contributed by atoms with Crippen LogP contribution in [0.3, 0.4) is 0 Å². The van der Waals surface area contributed by atoms with E-state index >= 15 is 0 Å². The zero-order valence-corrected chi connectivity index (χ0v) is 9.23. The van der Waals surface area contributed by atoms with Crippen LogP contribution in [0.5, 0.6) is 5.75 Å². The Bertz CT molecular complexity index is 308. The van der Waals surface area contributed by atoms with Crippen molar-refractivity contribution >= 4 is 0 Å². The Kier molecular flexibility index (Phi) is 4.59. The van der Waals surface area contributed by atoms with Gasteiger partial charge in [-0.15, -0.1) is 0 Å². The predicted molar refractivity (Wildman–Crippen MR) is 59.0 cm³/mol. The lowest BCUT2D eigenvalue weighted by atomic mass is 10.1. The summed E-state index contributed by atoms with van der Waals surface area (Å²) in [6.45, 7) is 4.34. The lowest BCUT2D eigenvalue weighted by Crippen LogP contribution is -2.01. The van der Waals surface area contributed by atoms with E-state index in [-0.39, 0.29) is 6.61 Å². The molecule has 1 aromatic carbocycles. The number of hydrogen-bond acceptors (Lipinski definition) is 3. The van der Waals surface area contributed by atoms with E-state index in [0.29, 0.717) is 13.0 Å². The topological polar surface area (TPSA) is 49.7 Å². The normalized spacial score (nSPS) is 12.5. The molecule has 1 aromatic rings. The van der Waals surface area contributed by atoms with E-state index in [1.54, 1.807) is 6.92 Å². The van der Waals surface area contributed by atoms with E-state index in [4.69, 9.17) is 9.84 Å². The molecule has 0 aliphatic heterocycles. The Morgan fingerprint density at radius 1 is 1.40 bits per heavy atom. The molecule has 0 aliphatic carbocycles. The molecule has 0 amide bonds. The van der Waals surface area contributed by atoms with E-state index in [1.165, 1.54) is 0 Å². The lowest BCUT2D eigenvalue weighted by Gasteiger charge is -2.11. The van der Waals surface area contributed by atoms with Gasteiger partial charge in [-0.3, -0.25) is 0 Å². The second-order valence-corrected chi connectivity index (χ2v) is 3.63. The second-order valence-electron chi connectivity index (χ2n) is 3.63. The smallest absolute Gasteiger partial charge is 0.122 e. The summed E-state index contributed by atoms with van der Waals surface area (Å²) in [5, 5.41) is 18.0. The van der Waals surface area contributed by atoms with Crippen molar-refractivity contribution in [2.75, 3.05) is 13.2 Å². The minimum atomic E-state index is -0.449. The third kappa shape index (κ3) is 3.53. The predicted octanol–water partition coefficient (Wildman–Crippen LogP) is 1.81. The molecule has 3 heteroatoms. The molecule has 1 atom stereocenters. The van der Waals surface area contributed by atoms with Gasteiger partial charge in [0.05, 0.1) is 12.7 Å². The van der Waals surface area contributed by atoms with Crippen LogP contribution >= 0.6 is 0 Å². The average Bonchev–Trinajstić information content (AvgIpc) is 2.20. The fourth-order valence-corrected chi connectivity index (χ4v) is 1.34. The fraction of sp³-hybridized carbons (Fsp3) is 0.500. The molecule has 1 rings (SSSR count). The summed E-state index contributed by atoms with van der Waals surface area (Å²) in [6, 6.07) is 5.62. The molecule has 84 valence electrons. The maximum Gasteiger partial charge on any atom is 0.122 e. The lowest BCUT2D eigenvalue weighted by molar-refractivity contribution is 0.199. The Labute approximate surface area is 90.3 Å². The molecule has 0 aliphatic rings. The molecule has 15 heavy (non-hydrogen) atoms. The van der Waals surface area contributed by atoms with Gasteiger partial charge in [-0.25, -0.2) is 0 Å². The van der Waals surface area contributed by atoms with Gasteiger partial charge in [0.15, 0.2) is 0 Å². The molecule has 0 bridgehead atoms. The van der Waals surface area contributed by atoms with Gasteiger partial charge >= 0.3 is 0 Å². The maximum absolute atomic E-state index is 9.38. The number of aliphatic hydroxyl groups is 2.